The van der Waals surface area contributed by atoms with Gasteiger partial charge in [0.15, 0.2) is 0 Å². The van der Waals surface area contributed by atoms with Crippen molar-refractivity contribution in [3.63, 3.8) is 0 Å². The van der Waals surface area contributed by atoms with E-state index in [2.05, 4.69) is 0 Å². The summed E-state index contributed by atoms with van der Waals surface area (Å²) < 4.78 is 0. The van der Waals surface area contributed by atoms with Gasteiger partial charge in [-0.3, -0.25) is 0 Å². The van der Waals surface area contributed by atoms with Crippen LogP contribution in [0.4, 0.5) is 0 Å². The predicted molar refractivity (Wildman–Crippen MR) is 26.7 cm³/mol. The van der Waals surface area contributed by atoms with Gasteiger partial charge >= 0.3 is 0 Å². The lowest BCUT2D eigenvalue weighted by Gasteiger charge is -2.13. The zero-order valence-corrected chi connectivity index (χ0v) is 3.68. The van der Waals surface area contributed by atoms with Gasteiger partial charge in [-0.1, -0.05) is 19.1 Å². The Labute approximate surface area is 37.8 Å². The molecule has 6 heavy (non-hydrogen) atoms. The first-order chi connectivity index (χ1) is 2.93. The van der Waals surface area contributed by atoms with Gasteiger partial charge in [0.1, 0.15) is 0 Å². The minimum Gasteiger partial charge on any atom is -0.315 e. The van der Waals surface area contributed by atoms with Crippen LogP contribution >= 0.6 is 0 Å². The van der Waals surface area contributed by atoms with Crippen LogP contribution in [0.2, 0.25) is 12.6 Å². The molecule has 32 valence electrons. The lowest BCUT2D eigenvalue weighted by atomic mass is 9.37. The van der Waals surface area contributed by atoms with Crippen LogP contribution in [0.3, 0.4) is 0 Å². The Bertz CT molecular complexity index is 58.6. The summed E-state index contributed by atoms with van der Waals surface area (Å²) in [5.74, 6) is 0. The zero-order valence-electron chi connectivity index (χ0n) is 3.68. The summed E-state index contributed by atoms with van der Waals surface area (Å²) in [7, 11) is 0. The minimum absolute atomic E-state index is 0.435. The molecule has 0 bridgehead atoms. The van der Waals surface area contributed by atoms with Crippen molar-refractivity contribution >= 4 is 12.9 Å². The van der Waals surface area contributed by atoms with E-state index in [4.69, 9.17) is 0 Å². The van der Waals surface area contributed by atoms with E-state index in [1.165, 1.54) is 6.42 Å². The molecule has 1 rings (SSSR count). The van der Waals surface area contributed by atoms with Gasteiger partial charge in [0.05, 0.1) is 6.19 Å². The van der Waals surface area contributed by atoms with Crippen molar-refractivity contribution in [2.75, 3.05) is 0 Å². The third-order valence-electron chi connectivity index (χ3n) is 1.34. The molecule has 0 atom stereocenters. The van der Waals surface area contributed by atoms with Crippen LogP contribution in [0.25, 0.3) is 0 Å². The van der Waals surface area contributed by atoms with E-state index in [1.807, 2.05) is 0 Å². The molecule has 1 aliphatic heterocycles. The maximum absolute atomic E-state index is 9.79. The van der Waals surface area contributed by atoms with Gasteiger partial charge in [-0.2, -0.15) is 0 Å². The molecule has 0 N–H and O–H groups in total. The van der Waals surface area contributed by atoms with Crippen LogP contribution < -0.4 is 0 Å². The molecule has 1 heterocycles. The molecule has 0 amide bonds. The van der Waals surface area contributed by atoms with Crippen molar-refractivity contribution in [2.24, 2.45) is 0 Å². The van der Waals surface area contributed by atoms with Crippen LogP contribution in [0.1, 0.15) is 6.42 Å². The minimum atomic E-state index is 0.435. The van der Waals surface area contributed by atoms with E-state index in [1.54, 1.807) is 0 Å². The van der Waals surface area contributed by atoms with Crippen molar-refractivity contribution in [3.05, 3.63) is 0 Å². The first kappa shape index (κ1) is 3.91. The van der Waals surface area contributed by atoms with Crippen LogP contribution in [0, 0.1) is 0 Å². The largest absolute Gasteiger partial charge is 0.315 e. The average Bonchev–Trinajstić information content (AvgIpc) is 1.31. The first-order valence-electron chi connectivity index (χ1n) is 2.39. The summed E-state index contributed by atoms with van der Waals surface area (Å²) >= 11 is 0. The van der Waals surface area contributed by atoms with Crippen LogP contribution in [-0.2, 0) is 4.79 Å². The summed E-state index contributed by atoms with van der Waals surface area (Å²) in [5, 5.41) is 0. The van der Waals surface area contributed by atoms with Gasteiger partial charge in [-0.05, 0) is 0 Å². The molecule has 1 nitrogen and oxygen atoms in total. The van der Waals surface area contributed by atoms with Crippen LogP contribution in [-0.4, -0.2) is 12.9 Å². The number of rotatable bonds is 1. The molecule has 0 aromatic rings. The Kier molecular flexibility index (Phi) is 0.949. The number of carbonyl (C=O) groups excluding carboxylic acids is 1. The standard InChI is InChI=1S/C4H7BO/c6-4-5-2-1-3-5/h4H,1-3H2. The topological polar surface area (TPSA) is 17.1 Å². The third kappa shape index (κ3) is 0.467. The Hall–Kier alpha value is -0.265. The zero-order chi connectivity index (χ0) is 4.41. The SMILES string of the molecule is O=CB1CCC1. The first-order valence-corrected chi connectivity index (χ1v) is 2.39. The Balaban J connectivity index is 2.16. The van der Waals surface area contributed by atoms with Crippen molar-refractivity contribution in [1.82, 2.24) is 0 Å². The maximum Gasteiger partial charge on any atom is 0.218 e. The van der Waals surface area contributed by atoms with Crippen molar-refractivity contribution in [1.29, 1.82) is 0 Å². The Morgan fingerprint density at radius 3 is 2.17 bits per heavy atom. The Morgan fingerprint density at radius 1 is 1.50 bits per heavy atom. The molecular formula is C4H7BO. The Morgan fingerprint density at radius 2 is 2.17 bits per heavy atom. The van der Waals surface area contributed by atoms with Crippen molar-refractivity contribution in [3.8, 4) is 0 Å². The summed E-state index contributed by atoms with van der Waals surface area (Å²) in [6, 6.07) is 0. The second kappa shape index (κ2) is 1.46. The van der Waals surface area contributed by atoms with E-state index in [0.29, 0.717) is 6.71 Å². The quantitative estimate of drug-likeness (QED) is 0.335. The van der Waals surface area contributed by atoms with Gasteiger partial charge in [-0.25, -0.2) is 0 Å². The molecule has 0 aliphatic carbocycles. The molecule has 0 aromatic heterocycles. The molecule has 0 spiro atoms. The fourth-order valence-corrected chi connectivity index (χ4v) is 0.576. The molecule has 1 aliphatic rings. The molecule has 1 saturated heterocycles. The summed E-state index contributed by atoms with van der Waals surface area (Å²) in [6.45, 7) is 0.435. The van der Waals surface area contributed by atoms with E-state index in [-0.39, 0.29) is 0 Å². The lowest BCUT2D eigenvalue weighted by Crippen LogP contribution is -2.22. The fraction of sp³-hybridized carbons (Fsp3) is 0.750. The monoisotopic (exact) mass is 82.1 g/mol. The second-order valence-electron chi connectivity index (χ2n) is 1.83. The van der Waals surface area contributed by atoms with Crippen LogP contribution in [0.15, 0.2) is 0 Å². The number of carbonyl (C=O) groups is 1. The van der Waals surface area contributed by atoms with Gasteiger partial charge in [0, 0.05) is 0 Å². The van der Waals surface area contributed by atoms with E-state index in [9.17, 15) is 4.79 Å². The van der Waals surface area contributed by atoms with E-state index >= 15 is 0 Å². The lowest BCUT2D eigenvalue weighted by molar-refractivity contribution is 0.566. The normalized spacial score (nSPS) is 19.7. The van der Waals surface area contributed by atoms with E-state index < -0.39 is 0 Å². The summed E-state index contributed by atoms with van der Waals surface area (Å²) in [6.07, 6.45) is 4.61. The van der Waals surface area contributed by atoms with Crippen LogP contribution in [0.5, 0.6) is 0 Å². The highest BCUT2D eigenvalue weighted by Gasteiger charge is 2.20. The second-order valence-corrected chi connectivity index (χ2v) is 1.83. The smallest absolute Gasteiger partial charge is 0.218 e. The van der Waals surface area contributed by atoms with Gasteiger partial charge < -0.3 is 4.79 Å². The highest BCUT2D eigenvalue weighted by atomic mass is 16.1. The van der Waals surface area contributed by atoms with Gasteiger partial charge in [0.25, 0.3) is 0 Å². The number of hydrogen-bond acceptors (Lipinski definition) is 1. The fourth-order valence-electron chi connectivity index (χ4n) is 0.576. The highest BCUT2D eigenvalue weighted by Crippen LogP contribution is 2.16. The summed E-state index contributed by atoms with van der Waals surface area (Å²) in [5.41, 5.74) is 0. The van der Waals surface area contributed by atoms with E-state index in [0.717, 1.165) is 18.8 Å². The van der Waals surface area contributed by atoms with Gasteiger partial charge in [-0.15, -0.1) is 0 Å². The predicted octanol–water partition coefficient (Wildman–Crippen LogP) is 0.657. The molecule has 2 heteroatoms. The van der Waals surface area contributed by atoms with Crippen molar-refractivity contribution in [2.45, 2.75) is 19.1 Å². The highest BCUT2D eigenvalue weighted by molar-refractivity contribution is 6.86. The molecule has 0 unspecified atom stereocenters. The molecule has 0 radical (unpaired) electrons. The van der Waals surface area contributed by atoms with Crippen molar-refractivity contribution < 1.29 is 4.79 Å². The molecule has 1 fully saturated rings. The van der Waals surface area contributed by atoms with Gasteiger partial charge in [0.2, 0.25) is 6.71 Å². The molecular weight excluding hydrogens is 74.9 g/mol. The molecule has 0 aromatic carbocycles. The average molecular weight is 81.9 g/mol. The maximum atomic E-state index is 9.79. The molecule has 0 saturated carbocycles. The number of hydrogen-bond donors (Lipinski definition) is 0. The third-order valence-corrected chi connectivity index (χ3v) is 1.34. The summed E-state index contributed by atoms with van der Waals surface area (Å²) in [4.78, 5) is 9.79.